The van der Waals surface area contributed by atoms with Gasteiger partial charge < -0.3 is 4.74 Å². The van der Waals surface area contributed by atoms with Crippen LogP contribution in [-0.2, 0) is 16.0 Å². The van der Waals surface area contributed by atoms with Crippen LogP contribution in [0.3, 0.4) is 0 Å². The van der Waals surface area contributed by atoms with Crippen molar-refractivity contribution >= 4 is 18.0 Å². The lowest BCUT2D eigenvalue weighted by atomic mass is 10.0. The fraction of sp³-hybridized carbons (Fsp3) is 0.308. The molecule has 1 aromatic rings. The Bertz CT molecular complexity index is 449. The molecule has 0 heterocycles. The van der Waals surface area contributed by atoms with E-state index in [4.69, 9.17) is 4.74 Å². The average molecular weight is 234 g/mol. The zero-order chi connectivity index (χ0) is 12.8. The molecule has 90 valence electrons. The maximum atomic E-state index is 11.5. The van der Waals surface area contributed by atoms with Crippen LogP contribution in [0.15, 0.2) is 18.2 Å². The third kappa shape index (κ3) is 3.52. The lowest BCUT2D eigenvalue weighted by Crippen LogP contribution is -2.08. The molecular formula is C13H14O4. The highest BCUT2D eigenvalue weighted by Crippen LogP contribution is 2.13. The Morgan fingerprint density at radius 2 is 2.06 bits per heavy atom. The van der Waals surface area contributed by atoms with Gasteiger partial charge in [0.2, 0.25) is 0 Å². The quantitative estimate of drug-likeness (QED) is 0.575. The van der Waals surface area contributed by atoms with E-state index in [0.29, 0.717) is 23.0 Å². The van der Waals surface area contributed by atoms with Crippen LogP contribution in [0.25, 0.3) is 0 Å². The second-order valence-electron chi connectivity index (χ2n) is 3.63. The number of Topliss-reactive ketones (excluding diaryl/α,β-unsaturated/α-hetero) is 1. The first-order valence-electron chi connectivity index (χ1n) is 5.33. The van der Waals surface area contributed by atoms with Crippen LogP contribution < -0.4 is 0 Å². The van der Waals surface area contributed by atoms with Crippen LogP contribution in [0.5, 0.6) is 0 Å². The predicted octanol–water partition coefficient (Wildman–Crippen LogP) is 1.81. The molecule has 1 aromatic carbocycles. The maximum Gasteiger partial charge on any atom is 0.338 e. The fourth-order valence-electron chi connectivity index (χ4n) is 1.48. The molecule has 17 heavy (non-hydrogen) atoms. The molecule has 4 nitrogen and oxygen atoms in total. The number of aldehydes is 1. The molecule has 0 fully saturated rings. The molecule has 0 saturated heterocycles. The Morgan fingerprint density at radius 1 is 1.35 bits per heavy atom. The van der Waals surface area contributed by atoms with Gasteiger partial charge in [0, 0.05) is 12.0 Å². The van der Waals surface area contributed by atoms with Gasteiger partial charge in [-0.2, -0.15) is 0 Å². The molecule has 0 aliphatic rings. The largest absolute Gasteiger partial charge is 0.462 e. The van der Waals surface area contributed by atoms with Crippen LogP contribution in [0.1, 0.15) is 40.1 Å². The van der Waals surface area contributed by atoms with E-state index in [-0.39, 0.29) is 18.8 Å². The molecule has 0 aliphatic carbocycles. The van der Waals surface area contributed by atoms with Gasteiger partial charge in [0.1, 0.15) is 12.1 Å². The number of esters is 1. The van der Waals surface area contributed by atoms with E-state index in [2.05, 4.69) is 0 Å². The summed E-state index contributed by atoms with van der Waals surface area (Å²) in [5.74, 6) is -0.510. The van der Waals surface area contributed by atoms with Gasteiger partial charge in [-0.05, 0) is 31.5 Å². The topological polar surface area (TPSA) is 60.4 Å². The van der Waals surface area contributed by atoms with Crippen LogP contribution in [-0.4, -0.2) is 24.6 Å². The number of ketones is 1. The lowest BCUT2D eigenvalue weighted by Gasteiger charge is -2.06. The van der Waals surface area contributed by atoms with Crippen molar-refractivity contribution in [2.45, 2.75) is 20.3 Å². The fourth-order valence-corrected chi connectivity index (χ4v) is 1.48. The zero-order valence-electron chi connectivity index (χ0n) is 9.86. The average Bonchev–Trinajstić information content (AvgIpc) is 2.28. The second-order valence-corrected chi connectivity index (χ2v) is 3.63. The second kappa shape index (κ2) is 5.94. The van der Waals surface area contributed by atoms with Crippen molar-refractivity contribution in [3.63, 3.8) is 0 Å². The summed E-state index contributed by atoms with van der Waals surface area (Å²) in [7, 11) is 0. The van der Waals surface area contributed by atoms with Crippen LogP contribution in [0.2, 0.25) is 0 Å². The SMILES string of the molecule is CCOC(=O)c1ccc(C=O)c(CC(C)=O)c1. The Balaban J connectivity index is 3.07. The molecule has 0 aromatic heterocycles. The van der Waals surface area contributed by atoms with Crippen molar-refractivity contribution < 1.29 is 19.1 Å². The number of ether oxygens (including phenoxy) is 1. The minimum atomic E-state index is -0.449. The first-order valence-corrected chi connectivity index (χ1v) is 5.33. The smallest absolute Gasteiger partial charge is 0.338 e. The monoisotopic (exact) mass is 234 g/mol. The zero-order valence-corrected chi connectivity index (χ0v) is 9.86. The molecule has 0 amide bonds. The summed E-state index contributed by atoms with van der Waals surface area (Å²) in [5.41, 5.74) is 1.33. The molecule has 0 N–H and O–H groups in total. The van der Waals surface area contributed by atoms with Crippen LogP contribution >= 0.6 is 0 Å². The van der Waals surface area contributed by atoms with Crippen molar-refractivity contribution in [1.29, 1.82) is 0 Å². The van der Waals surface area contributed by atoms with E-state index in [1.807, 2.05) is 0 Å². The maximum absolute atomic E-state index is 11.5. The van der Waals surface area contributed by atoms with Gasteiger partial charge >= 0.3 is 5.97 Å². The van der Waals surface area contributed by atoms with Crippen molar-refractivity contribution in [2.75, 3.05) is 6.61 Å². The first kappa shape index (κ1) is 13.1. The molecule has 0 spiro atoms. The Labute approximate surface area is 99.6 Å². The minimum absolute atomic E-state index is 0.0610. The summed E-state index contributed by atoms with van der Waals surface area (Å²) < 4.78 is 4.85. The standard InChI is InChI=1S/C13H14O4/c1-3-17-13(16)10-4-5-11(8-14)12(7-10)6-9(2)15/h4-5,7-8H,3,6H2,1-2H3. The lowest BCUT2D eigenvalue weighted by molar-refractivity contribution is -0.116. The van der Waals surface area contributed by atoms with Gasteiger partial charge in [0.15, 0.2) is 0 Å². The minimum Gasteiger partial charge on any atom is -0.462 e. The summed E-state index contributed by atoms with van der Waals surface area (Å²) in [6.07, 6.45) is 0.814. The van der Waals surface area contributed by atoms with Gasteiger partial charge in [0.25, 0.3) is 0 Å². The molecule has 4 heteroatoms. The van der Waals surface area contributed by atoms with Gasteiger partial charge in [-0.15, -0.1) is 0 Å². The van der Waals surface area contributed by atoms with Gasteiger partial charge in [-0.25, -0.2) is 4.79 Å². The van der Waals surface area contributed by atoms with Gasteiger partial charge in [-0.1, -0.05) is 6.07 Å². The van der Waals surface area contributed by atoms with Crippen molar-refractivity contribution in [3.05, 3.63) is 34.9 Å². The summed E-state index contributed by atoms with van der Waals surface area (Å²) >= 11 is 0. The number of hydrogen-bond acceptors (Lipinski definition) is 4. The Hall–Kier alpha value is -1.97. The highest BCUT2D eigenvalue weighted by atomic mass is 16.5. The summed E-state index contributed by atoms with van der Waals surface area (Å²) in [4.78, 5) is 33.3. The van der Waals surface area contributed by atoms with Crippen molar-refractivity contribution in [3.8, 4) is 0 Å². The number of rotatable bonds is 5. The molecule has 0 radical (unpaired) electrons. The van der Waals surface area contributed by atoms with Crippen molar-refractivity contribution in [1.82, 2.24) is 0 Å². The van der Waals surface area contributed by atoms with Gasteiger partial charge in [0.05, 0.1) is 12.2 Å². The summed E-state index contributed by atoms with van der Waals surface area (Å²) in [6, 6.07) is 4.58. The van der Waals surface area contributed by atoms with E-state index in [9.17, 15) is 14.4 Å². The first-order chi connectivity index (χ1) is 8.08. The number of hydrogen-bond donors (Lipinski definition) is 0. The number of carbonyl (C=O) groups excluding carboxylic acids is 3. The van der Waals surface area contributed by atoms with Crippen LogP contribution in [0, 0.1) is 0 Å². The van der Waals surface area contributed by atoms with E-state index in [0.717, 1.165) is 0 Å². The molecular weight excluding hydrogens is 220 g/mol. The highest BCUT2D eigenvalue weighted by molar-refractivity contribution is 5.92. The molecule has 0 bridgehead atoms. The summed E-state index contributed by atoms with van der Waals surface area (Å²) in [5, 5.41) is 0. The number of carbonyl (C=O) groups is 3. The summed E-state index contributed by atoms with van der Waals surface area (Å²) in [6.45, 7) is 3.44. The Morgan fingerprint density at radius 3 is 2.59 bits per heavy atom. The van der Waals surface area contributed by atoms with E-state index in [1.54, 1.807) is 6.92 Å². The molecule has 1 rings (SSSR count). The number of benzene rings is 1. The van der Waals surface area contributed by atoms with Gasteiger partial charge in [-0.3, -0.25) is 9.59 Å². The molecule has 0 saturated carbocycles. The highest BCUT2D eigenvalue weighted by Gasteiger charge is 2.11. The predicted molar refractivity (Wildman–Crippen MR) is 62.2 cm³/mol. The molecule has 0 unspecified atom stereocenters. The Kier molecular flexibility index (Phi) is 4.57. The third-order valence-corrected chi connectivity index (χ3v) is 2.22. The van der Waals surface area contributed by atoms with Crippen LogP contribution in [0.4, 0.5) is 0 Å². The molecule has 0 aliphatic heterocycles. The van der Waals surface area contributed by atoms with E-state index < -0.39 is 5.97 Å². The van der Waals surface area contributed by atoms with E-state index in [1.165, 1.54) is 25.1 Å². The normalized spacial score (nSPS) is 9.76. The van der Waals surface area contributed by atoms with Crippen molar-refractivity contribution in [2.24, 2.45) is 0 Å². The third-order valence-electron chi connectivity index (χ3n) is 2.22. The van der Waals surface area contributed by atoms with E-state index >= 15 is 0 Å². The molecule has 0 atom stereocenters.